The molecule has 0 radical (unpaired) electrons. The number of piperidine rings is 1. The number of aromatic amines is 1. The molecule has 0 amide bonds. The van der Waals surface area contributed by atoms with Gasteiger partial charge in [-0.05, 0) is 48.7 Å². The Morgan fingerprint density at radius 2 is 1.72 bits per heavy atom. The largest absolute Gasteiger partial charge is 0.490 e. The van der Waals surface area contributed by atoms with Gasteiger partial charge in [-0.3, -0.25) is 14.9 Å². The molecule has 5 nitrogen and oxygen atoms in total. The molecule has 6 rings (SSSR count). The first-order chi connectivity index (χ1) is 17.9. The van der Waals surface area contributed by atoms with E-state index >= 15 is 0 Å². The van der Waals surface area contributed by atoms with Crippen molar-refractivity contribution in [1.29, 1.82) is 0 Å². The van der Waals surface area contributed by atoms with E-state index in [-0.39, 0.29) is 0 Å². The summed E-state index contributed by atoms with van der Waals surface area (Å²) in [5, 5.41) is 0. The molecule has 0 unspecified atom stereocenters. The van der Waals surface area contributed by atoms with Crippen molar-refractivity contribution in [2.24, 2.45) is 0 Å². The molecule has 1 saturated heterocycles. The molecule has 1 aliphatic rings. The average molecular weight is 475 g/mol. The van der Waals surface area contributed by atoms with Gasteiger partial charge in [0.2, 0.25) is 0 Å². The maximum Gasteiger partial charge on any atom is 0.146 e. The van der Waals surface area contributed by atoms with Gasteiger partial charge in [-0.15, -0.1) is 0 Å². The van der Waals surface area contributed by atoms with Gasteiger partial charge in [0.15, 0.2) is 0 Å². The highest BCUT2D eigenvalue weighted by molar-refractivity contribution is 6.02. The Hall–Kier alpha value is -3.96. The van der Waals surface area contributed by atoms with Crippen LogP contribution in [-0.2, 0) is 6.54 Å². The Labute approximate surface area is 211 Å². The number of benzene rings is 2. The van der Waals surface area contributed by atoms with E-state index in [0.29, 0.717) is 12.6 Å². The Kier molecular flexibility index (Phi) is 6.46. The predicted octanol–water partition coefficient (Wildman–Crippen LogP) is 6.73. The van der Waals surface area contributed by atoms with Crippen molar-refractivity contribution in [1.82, 2.24) is 19.9 Å². The van der Waals surface area contributed by atoms with Crippen LogP contribution in [0.15, 0.2) is 97.5 Å². The van der Waals surface area contributed by atoms with E-state index in [9.17, 15) is 0 Å². The van der Waals surface area contributed by atoms with E-state index in [1.165, 1.54) is 18.4 Å². The molecule has 5 aromatic rings. The Morgan fingerprint density at radius 1 is 0.889 bits per heavy atom. The summed E-state index contributed by atoms with van der Waals surface area (Å²) < 4.78 is 6.54. The van der Waals surface area contributed by atoms with Gasteiger partial charge in [-0.1, -0.05) is 67.1 Å². The first kappa shape index (κ1) is 22.5. The number of likely N-dealkylation sites (tertiary alicyclic amines) is 1. The maximum atomic E-state index is 6.54. The molecule has 180 valence electrons. The second kappa shape index (κ2) is 10.3. The van der Waals surface area contributed by atoms with Gasteiger partial charge in [0.1, 0.15) is 12.4 Å². The van der Waals surface area contributed by atoms with Crippen LogP contribution in [0.5, 0.6) is 5.75 Å². The highest BCUT2D eigenvalue weighted by atomic mass is 16.5. The molecule has 1 aliphatic heterocycles. The molecule has 3 aromatic heterocycles. The first-order valence-corrected chi connectivity index (χ1v) is 12.7. The van der Waals surface area contributed by atoms with Crippen molar-refractivity contribution < 1.29 is 4.74 Å². The minimum Gasteiger partial charge on any atom is -0.490 e. The standard InChI is InChI=1S/C31H30N4O/c1-3-10-23(11-4-1)21-35-19-8-7-14-25(35)22-36-28-20-32-18-16-26(28)30-29(24-12-5-2-6-13-24)31-27(34-30)15-9-17-33-31/h1-6,9-13,15-18,20,25,34H,7-8,14,19,21-22H2/t25-/m0/s1. The lowest BCUT2D eigenvalue weighted by atomic mass is 10.0. The Morgan fingerprint density at radius 3 is 2.58 bits per heavy atom. The van der Waals surface area contributed by atoms with Gasteiger partial charge in [-0.25, -0.2) is 0 Å². The SMILES string of the molecule is c1ccc(CN2CCCC[C@H]2COc2cnccc2-c2[nH]c3cccnc3c2-c2ccccc2)cc1. The van der Waals surface area contributed by atoms with E-state index in [0.717, 1.165) is 58.7 Å². The number of hydrogen-bond donors (Lipinski definition) is 1. The second-order valence-corrected chi connectivity index (χ2v) is 9.43. The van der Waals surface area contributed by atoms with Gasteiger partial charge in [-0.2, -0.15) is 0 Å². The molecule has 2 aromatic carbocycles. The molecule has 0 spiro atoms. The van der Waals surface area contributed by atoms with Gasteiger partial charge in [0.05, 0.1) is 22.9 Å². The molecule has 1 fully saturated rings. The minimum absolute atomic E-state index is 0.380. The number of aromatic nitrogens is 3. The number of pyridine rings is 2. The molecule has 0 saturated carbocycles. The molecule has 0 aliphatic carbocycles. The van der Waals surface area contributed by atoms with E-state index in [1.54, 1.807) is 0 Å². The molecule has 4 heterocycles. The van der Waals surface area contributed by atoms with Crippen LogP contribution >= 0.6 is 0 Å². The fraction of sp³-hybridized carbons (Fsp3) is 0.226. The van der Waals surface area contributed by atoms with Crippen molar-refractivity contribution in [2.45, 2.75) is 31.8 Å². The van der Waals surface area contributed by atoms with Crippen LogP contribution in [-0.4, -0.2) is 39.0 Å². The van der Waals surface area contributed by atoms with Crippen LogP contribution in [0.1, 0.15) is 24.8 Å². The van der Waals surface area contributed by atoms with Crippen LogP contribution < -0.4 is 4.74 Å². The summed E-state index contributed by atoms with van der Waals surface area (Å²) >= 11 is 0. The van der Waals surface area contributed by atoms with Gasteiger partial charge >= 0.3 is 0 Å². The summed E-state index contributed by atoms with van der Waals surface area (Å²) in [7, 11) is 0. The molecule has 1 N–H and O–H groups in total. The number of fused-ring (bicyclic) bond motifs is 1. The van der Waals surface area contributed by atoms with E-state index in [2.05, 4.69) is 75.5 Å². The predicted molar refractivity (Wildman–Crippen MR) is 145 cm³/mol. The van der Waals surface area contributed by atoms with E-state index < -0.39 is 0 Å². The van der Waals surface area contributed by atoms with Crippen LogP contribution in [0.3, 0.4) is 0 Å². The molecular weight excluding hydrogens is 444 g/mol. The third-order valence-electron chi connectivity index (χ3n) is 7.08. The van der Waals surface area contributed by atoms with Gasteiger partial charge < -0.3 is 9.72 Å². The number of rotatable bonds is 7. The van der Waals surface area contributed by atoms with Crippen molar-refractivity contribution in [3.63, 3.8) is 0 Å². The Bertz CT molecular complexity index is 1430. The highest BCUT2D eigenvalue weighted by Crippen LogP contribution is 2.40. The summed E-state index contributed by atoms with van der Waals surface area (Å²) in [6, 6.07) is 27.6. The number of nitrogens with one attached hydrogen (secondary N) is 1. The summed E-state index contributed by atoms with van der Waals surface area (Å²) in [6.07, 6.45) is 9.15. The van der Waals surface area contributed by atoms with E-state index in [4.69, 9.17) is 9.72 Å². The topological polar surface area (TPSA) is 54.0 Å². The Balaban J connectivity index is 1.31. The molecule has 36 heavy (non-hydrogen) atoms. The lowest BCUT2D eigenvalue weighted by molar-refractivity contribution is 0.0933. The van der Waals surface area contributed by atoms with Crippen LogP contribution in [0, 0.1) is 0 Å². The molecule has 0 bridgehead atoms. The van der Waals surface area contributed by atoms with Crippen molar-refractivity contribution in [3.05, 3.63) is 103 Å². The maximum absolute atomic E-state index is 6.54. The summed E-state index contributed by atoms with van der Waals surface area (Å²) in [6.45, 7) is 2.71. The van der Waals surface area contributed by atoms with Gasteiger partial charge in [0, 0.05) is 36.1 Å². The third kappa shape index (κ3) is 4.62. The van der Waals surface area contributed by atoms with Crippen LogP contribution in [0.2, 0.25) is 0 Å². The van der Waals surface area contributed by atoms with Crippen LogP contribution in [0.4, 0.5) is 0 Å². The summed E-state index contributed by atoms with van der Waals surface area (Å²) in [5.41, 5.74) is 7.55. The number of nitrogens with zero attached hydrogens (tertiary/aromatic N) is 3. The molecule has 1 atom stereocenters. The third-order valence-corrected chi connectivity index (χ3v) is 7.08. The normalized spacial score (nSPS) is 16.3. The number of hydrogen-bond acceptors (Lipinski definition) is 4. The average Bonchev–Trinajstić information content (AvgIpc) is 3.33. The quantitative estimate of drug-likeness (QED) is 0.284. The lowest BCUT2D eigenvalue weighted by Crippen LogP contribution is -2.42. The fourth-order valence-electron chi connectivity index (χ4n) is 5.27. The number of H-pyrrole nitrogens is 1. The van der Waals surface area contributed by atoms with E-state index in [1.807, 2.05) is 36.8 Å². The monoisotopic (exact) mass is 474 g/mol. The zero-order chi connectivity index (χ0) is 24.2. The summed E-state index contributed by atoms with van der Waals surface area (Å²) in [5.74, 6) is 0.798. The zero-order valence-corrected chi connectivity index (χ0v) is 20.3. The van der Waals surface area contributed by atoms with Crippen molar-refractivity contribution in [3.8, 4) is 28.1 Å². The summed E-state index contributed by atoms with van der Waals surface area (Å²) in [4.78, 5) is 15.3. The number of ether oxygens (including phenoxy) is 1. The lowest BCUT2D eigenvalue weighted by Gasteiger charge is -2.35. The zero-order valence-electron chi connectivity index (χ0n) is 20.3. The van der Waals surface area contributed by atoms with Crippen molar-refractivity contribution in [2.75, 3.05) is 13.2 Å². The highest BCUT2D eigenvalue weighted by Gasteiger charge is 2.24. The smallest absolute Gasteiger partial charge is 0.146 e. The fourth-order valence-corrected chi connectivity index (χ4v) is 5.27. The minimum atomic E-state index is 0.380. The molecular formula is C31H30N4O. The van der Waals surface area contributed by atoms with Gasteiger partial charge in [0.25, 0.3) is 0 Å². The molecule has 5 heteroatoms. The second-order valence-electron chi connectivity index (χ2n) is 9.43. The van der Waals surface area contributed by atoms with Crippen molar-refractivity contribution >= 4 is 11.0 Å². The van der Waals surface area contributed by atoms with Crippen LogP contribution in [0.25, 0.3) is 33.4 Å². The first-order valence-electron chi connectivity index (χ1n) is 12.7.